The molecule has 0 bridgehead atoms. The number of benzene rings is 1. The first-order valence-electron chi connectivity index (χ1n) is 9.28. The first kappa shape index (κ1) is 18.2. The minimum atomic E-state index is 0.636. The van der Waals surface area contributed by atoms with Gasteiger partial charge in [-0.25, -0.2) is 0 Å². The van der Waals surface area contributed by atoms with Gasteiger partial charge >= 0.3 is 0 Å². The van der Waals surface area contributed by atoms with Gasteiger partial charge in [0.05, 0.1) is 0 Å². The number of H-pyrrole nitrogens is 1. The highest BCUT2D eigenvalue weighted by atomic mass is 14.7. The minimum Gasteiger partial charge on any atom is -0.361 e. The van der Waals surface area contributed by atoms with E-state index >= 15 is 0 Å². The largest absolute Gasteiger partial charge is 0.361 e. The molecule has 2 aromatic rings. The van der Waals surface area contributed by atoms with Crippen LogP contribution in [-0.2, 0) is 6.42 Å². The summed E-state index contributed by atoms with van der Waals surface area (Å²) in [5.41, 5.74) is 7.94. The van der Waals surface area contributed by atoms with Gasteiger partial charge in [0.1, 0.15) is 0 Å². The van der Waals surface area contributed by atoms with E-state index in [-0.39, 0.29) is 0 Å². The summed E-state index contributed by atoms with van der Waals surface area (Å²) in [6.07, 6.45) is 9.62. The summed E-state index contributed by atoms with van der Waals surface area (Å²) in [6.45, 7) is 14.5. The Labute approximate surface area is 156 Å². The summed E-state index contributed by atoms with van der Waals surface area (Å²) in [4.78, 5) is 3.27. The van der Waals surface area contributed by atoms with Gasteiger partial charge in [0.2, 0.25) is 0 Å². The Hall–Kier alpha value is -2.61. The number of rotatable bonds is 6. The van der Waals surface area contributed by atoms with Crippen molar-refractivity contribution in [2.24, 2.45) is 5.92 Å². The summed E-state index contributed by atoms with van der Waals surface area (Å²) in [5, 5.41) is 9.81. The molecule has 1 saturated carbocycles. The molecule has 1 fully saturated rings. The van der Waals surface area contributed by atoms with E-state index in [2.05, 4.69) is 62.3 Å². The fourth-order valence-electron chi connectivity index (χ4n) is 3.41. The summed E-state index contributed by atoms with van der Waals surface area (Å²) >= 11 is 0. The molecule has 26 heavy (non-hydrogen) atoms. The van der Waals surface area contributed by atoms with E-state index in [1.54, 1.807) is 0 Å². The zero-order chi connectivity index (χ0) is 18.8. The lowest BCUT2D eigenvalue weighted by molar-refractivity contribution is 1.15. The highest BCUT2D eigenvalue weighted by Crippen LogP contribution is 2.39. The third-order valence-electron chi connectivity index (χ3n) is 5.16. The third-order valence-corrected chi connectivity index (χ3v) is 5.16. The highest BCUT2D eigenvalue weighted by molar-refractivity contribution is 5.90. The molecule has 0 amide bonds. The van der Waals surface area contributed by atoms with Crippen LogP contribution in [0.1, 0.15) is 48.9 Å². The van der Waals surface area contributed by atoms with Crippen LogP contribution in [0.2, 0.25) is 0 Å². The summed E-state index contributed by atoms with van der Waals surface area (Å²) in [6, 6.07) is 6.52. The molecule has 1 heterocycles. The minimum absolute atomic E-state index is 0.636. The molecule has 0 aliphatic heterocycles. The summed E-state index contributed by atoms with van der Waals surface area (Å²) in [7, 11) is 0. The predicted molar refractivity (Wildman–Crippen MR) is 114 cm³/mol. The van der Waals surface area contributed by atoms with Gasteiger partial charge < -0.3 is 10.4 Å². The van der Waals surface area contributed by atoms with Crippen LogP contribution in [0, 0.1) is 18.3 Å². The van der Waals surface area contributed by atoms with Gasteiger partial charge in [-0.05, 0) is 73.4 Å². The van der Waals surface area contributed by atoms with Crippen LogP contribution in [0.3, 0.4) is 0 Å². The molecular formula is C24H28N2. The van der Waals surface area contributed by atoms with Crippen molar-refractivity contribution >= 4 is 29.5 Å². The first-order valence-corrected chi connectivity index (χ1v) is 9.28. The number of aromatic amines is 1. The number of hydrogen-bond donors (Lipinski definition) is 2. The molecular weight excluding hydrogens is 316 g/mol. The molecule has 3 rings (SSSR count). The first-order chi connectivity index (χ1) is 12.4. The Kier molecular flexibility index (Phi) is 5.13. The number of aryl methyl sites for hydroxylation is 1. The fourth-order valence-corrected chi connectivity index (χ4v) is 3.41. The SMILES string of the molecule is C=C(c1c[nH]c(=C)/c1=C\C(=C/C)c1ccc(CC(C)=N)c(C)c1)C1CC1. The predicted octanol–water partition coefficient (Wildman–Crippen LogP) is 4.62. The average Bonchev–Trinajstić information content (AvgIpc) is 3.38. The lowest BCUT2D eigenvalue weighted by atomic mass is 9.96. The van der Waals surface area contributed by atoms with E-state index in [1.807, 2.05) is 13.1 Å². The maximum Gasteiger partial charge on any atom is 0.0387 e. The van der Waals surface area contributed by atoms with Crippen LogP contribution in [-0.4, -0.2) is 10.7 Å². The summed E-state index contributed by atoms with van der Waals surface area (Å²) in [5.74, 6) is 0.636. The van der Waals surface area contributed by atoms with Gasteiger partial charge in [0.25, 0.3) is 0 Å². The van der Waals surface area contributed by atoms with Crippen molar-refractivity contribution in [1.29, 1.82) is 5.41 Å². The second-order valence-electron chi connectivity index (χ2n) is 7.38. The Morgan fingerprint density at radius 3 is 2.65 bits per heavy atom. The lowest BCUT2D eigenvalue weighted by Gasteiger charge is -2.09. The Balaban J connectivity index is 2.01. The number of allylic oxidation sites excluding steroid dienone is 3. The molecule has 1 aliphatic carbocycles. The maximum atomic E-state index is 7.72. The monoisotopic (exact) mass is 344 g/mol. The maximum absolute atomic E-state index is 7.72. The van der Waals surface area contributed by atoms with Crippen LogP contribution in [0.4, 0.5) is 0 Å². The molecule has 0 spiro atoms. The second kappa shape index (κ2) is 7.33. The summed E-state index contributed by atoms with van der Waals surface area (Å²) < 4.78 is 0. The van der Waals surface area contributed by atoms with Gasteiger partial charge in [-0.3, -0.25) is 0 Å². The van der Waals surface area contributed by atoms with Crippen molar-refractivity contribution < 1.29 is 0 Å². The lowest BCUT2D eigenvalue weighted by Crippen LogP contribution is -2.23. The van der Waals surface area contributed by atoms with Crippen molar-refractivity contribution in [3.05, 3.63) is 69.9 Å². The molecule has 1 aromatic carbocycles. The van der Waals surface area contributed by atoms with Crippen LogP contribution >= 0.6 is 0 Å². The van der Waals surface area contributed by atoms with Crippen molar-refractivity contribution in [1.82, 2.24) is 4.98 Å². The van der Waals surface area contributed by atoms with E-state index in [0.29, 0.717) is 18.1 Å². The molecule has 2 nitrogen and oxygen atoms in total. The quantitative estimate of drug-likeness (QED) is 0.718. The Morgan fingerprint density at radius 1 is 1.35 bits per heavy atom. The third kappa shape index (κ3) is 3.80. The highest BCUT2D eigenvalue weighted by Gasteiger charge is 2.26. The molecule has 0 radical (unpaired) electrons. The van der Waals surface area contributed by atoms with Crippen molar-refractivity contribution in [3.8, 4) is 0 Å². The van der Waals surface area contributed by atoms with Gasteiger partial charge in [0.15, 0.2) is 0 Å². The fraction of sp³-hybridized carbons (Fsp3) is 0.292. The molecule has 0 atom stereocenters. The second-order valence-corrected chi connectivity index (χ2v) is 7.38. The average molecular weight is 345 g/mol. The van der Waals surface area contributed by atoms with E-state index in [0.717, 1.165) is 10.6 Å². The normalized spacial score (nSPS) is 15.3. The van der Waals surface area contributed by atoms with Crippen LogP contribution in [0.5, 0.6) is 0 Å². The number of aromatic nitrogens is 1. The van der Waals surface area contributed by atoms with Gasteiger partial charge in [-0.1, -0.05) is 37.4 Å². The van der Waals surface area contributed by atoms with Crippen molar-refractivity contribution in [2.45, 2.75) is 40.0 Å². The molecule has 2 N–H and O–H groups in total. The van der Waals surface area contributed by atoms with E-state index < -0.39 is 0 Å². The zero-order valence-electron chi connectivity index (χ0n) is 16.1. The van der Waals surface area contributed by atoms with Crippen LogP contribution < -0.4 is 10.6 Å². The van der Waals surface area contributed by atoms with Gasteiger partial charge in [-0.15, -0.1) is 0 Å². The number of nitrogens with one attached hydrogen (secondary N) is 2. The van der Waals surface area contributed by atoms with Crippen LogP contribution in [0.15, 0.2) is 37.1 Å². The molecule has 1 aromatic heterocycles. The van der Waals surface area contributed by atoms with Gasteiger partial charge in [0, 0.05) is 34.5 Å². The molecule has 1 aliphatic rings. The Morgan fingerprint density at radius 2 is 2.08 bits per heavy atom. The Bertz CT molecular complexity index is 997. The van der Waals surface area contributed by atoms with E-state index in [1.165, 1.54) is 46.2 Å². The van der Waals surface area contributed by atoms with Gasteiger partial charge in [-0.2, -0.15) is 0 Å². The molecule has 0 saturated heterocycles. The van der Waals surface area contributed by atoms with E-state index in [4.69, 9.17) is 5.41 Å². The van der Waals surface area contributed by atoms with Crippen LogP contribution in [0.25, 0.3) is 23.8 Å². The van der Waals surface area contributed by atoms with E-state index in [9.17, 15) is 0 Å². The van der Waals surface area contributed by atoms with Crippen molar-refractivity contribution in [2.75, 3.05) is 0 Å². The topological polar surface area (TPSA) is 39.6 Å². The molecule has 134 valence electrons. The molecule has 2 heteroatoms. The standard InChI is InChI=1S/C24H28N2/c1-6-19(22-10-9-21(12-16(3)25)15(2)11-22)13-23-18(5)26-14-24(23)17(4)20-7-8-20/h6,9-11,13-14,20,25-26H,4-5,7-8,12H2,1-3H3/b19-6+,23-13+,25-16?. The zero-order valence-corrected chi connectivity index (χ0v) is 16.1. The number of hydrogen-bond acceptors (Lipinski definition) is 1. The smallest absolute Gasteiger partial charge is 0.0387 e. The van der Waals surface area contributed by atoms with Crippen molar-refractivity contribution in [3.63, 3.8) is 0 Å². The molecule has 0 unspecified atom stereocenters.